The number of rotatable bonds is 10. The molecule has 0 radical (unpaired) electrons. The Balaban J connectivity index is 1.70. The smallest absolute Gasteiger partial charge is 0.416 e. The molecule has 16 heteroatoms. The molecule has 0 aliphatic carbocycles. The highest BCUT2D eigenvalue weighted by molar-refractivity contribution is 7.80. The minimum Gasteiger partial charge on any atom is -0.458 e. The number of aliphatic imine (C=N–C) groups is 1. The molecule has 2 heterocycles. The van der Waals surface area contributed by atoms with Crippen LogP contribution < -0.4 is 20.3 Å². The molecule has 11 nitrogen and oxygen atoms in total. The van der Waals surface area contributed by atoms with E-state index < -0.39 is 53.1 Å². The van der Waals surface area contributed by atoms with Gasteiger partial charge in [-0.1, -0.05) is 0 Å². The van der Waals surface area contributed by atoms with Crippen molar-refractivity contribution >= 4 is 52.0 Å². The summed E-state index contributed by atoms with van der Waals surface area (Å²) in [4.78, 5) is 43.4. The van der Waals surface area contributed by atoms with Crippen molar-refractivity contribution in [2.24, 2.45) is 4.99 Å². The van der Waals surface area contributed by atoms with E-state index in [0.29, 0.717) is 35.4 Å². The summed E-state index contributed by atoms with van der Waals surface area (Å²) in [5.74, 6) is -1.37. The van der Waals surface area contributed by atoms with Crippen LogP contribution >= 0.6 is 11.3 Å². The van der Waals surface area contributed by atoms with Crippen LogP contribution in [0.15, 0.2) is 41.4 Å². The zero-order chi connectivity index (χ0) is 31.1. The second-order valence-corrected chi connectivity index (χ2v) is 12.2. The number of ether oxygens (including phenoxy) is 1. The molecule has 3 rings (SSSR count). The standard InChI is InChI=1S/C26H32F3N5O6S2/c1-25(2,3)40-23(37)19(34(42(38)39)17-7-5-16(6-8-17)26(27,28)29)15-32-22(36)20-11-9-18(41-20)10-12-21(35)33-24-30-13-4-14-31-24/h5-9,11,19H,4,10,12-15H2,1-3H3,(H,32,36)(H,38,39)(H2,30,31,33,35). The maximum atomic E-state index is 13.1. The number of benzene rings is 1. The fraction of sp³-hybridized carbons (Fsp3) is 0.462. The van der Waals surface area contributed by atoms with Gasteiger partial charge < -0.3 is 15.4 Å². The van der Waals surface area contributed by atoms with E-state index in [1.165, 1.54) is 0 Å². The molecule has 0 fully saturated rings. The lowest BCUT2D eigenvalue weighted by molar-refractivity contribution is -0.156. The van der Waals surface area contributed by atoms with Crippen LogP contribution in [0.3, 0.4) is 0 Å². The van der Waals surface area contributed by atoms with Gasteiger partial charge in [0, 0.05) is 24.4 Å². The summed E-state index contributed by atoms with van der Waals surface area (Å²) in [6.45, 7) is 5.60. The minimum absolute atomic E-state index is 0.160. The van der Waals surface area contributed by atoms with Crippen molar-refractivity contribution in [3.05, 3.63) is 51.7 Å². The number of carbonyl (C=O) groups excluding carboxylic acids is 3. The van der Waals surface area contributed by atoms with Gasteiger partial charge in [-0.3, -0.25) is 28.8 Å². The molecule has 4 N–H and O–H groups in total. The van der Waals surface area contributed by atoms with E-state index in [9.17, 15) is 36.3 Å². The van der Waals surface area contributed by atoms with Gasteiger partial charge in [0.1, 0.15) is 5.60 Å². The predicted molar refractivity (Wildman–Crippen MR) is 152 cm³/mol. The van der Waals surface area contributed by atoms with Gasteiger partial charge in [0.25, 0.3) is 17.2 Å². The fourth-order valence-corrected chi connectivity index (χ4v) is 5.37. The van der Waals surface area contributed by atoms with Gasteiger partial charge in [0.15, 0.2) is 12.0 Å². The third kappa shape index (κ3) is 9.80. The summed E-state index contributed by atoms with van der Waals surface area (Å²) in [7, 11) is 0. The molecule has 1 aliphatic heterocycles. The normalized spacial score (nSPS) is 15.1. The summed E-state index contributed by atoms with van der Waals surface area (Å²) >= 11 is -1.74. The molecule has 42 heavy (non-hydrogen) atoms. The van der Waals surface area contributed by atoms with Gasteiger partial charge in [-0.15, -0.1) is 11.3 Å². The molecule has 0 bridgehead atoms. The highest BCUT2D eigenvalue weighted by atomic mass is 32.2. The summed E-state index contributed by atoms with van der Waals surface area (Å²) in [6, 6.07) is 5.00. The molecule has 0 saturated carbocycles. The Kier molecular flexibility index (Phi) is 11.1. The summed E-state index contributed by atoms with van der Waals surface area (Å²) in [5, 5.41) is 8.23. The number of hydrogen-bond donors (Lipinski definition) is 4. The number of halogens is 3. The molecule has 2 unspecified atom stereocenters. The first-order chi connectivity index (χ1) is 19.6. The van der Waals surface area contributed by atoms with E-state index >= 15 is 0 Å². The SMILES string of the molecule is CC(C)(C)OC(=O)C(CNC(=O)c1ccc(CCC(=O)NC2=NCCCN2)s1)N(c1ccc(C(F)(F)F)cc1)S(=O)O. The Morgan fingerprint density at radius 1 is 1.17 bits per heavy atom. The van der Waals surface area contributed by atoms with Crippen LogP contribution in [0.4, 0.5) is 18.9 Å². The minimum atomic E-state index is -4.63. The van der Waals surface area contributed by atoms with E-state index in [4.69, 9.17) is 4.74 Å². The molecule has 2 amide bonds. The molecule has 1 aromatic heterocycles. The quantitative estimate of drug-likeness (QED) is 0.232. The number of nitrogens with one attached hydrogen (secondary N) is 3. The van der Waals surface area contributed by atoms with Crippen LogP contribution in [-0.2, 0) is 38.2 Å². The van der Waals surface area contributed by atoms with Crippen molar-refractivity contribution in [1.82, 2.24) is 16.0 Å². The average Bonchev–Trinajstić information content (AvgIpc) is 3.38. The molecule has 0 spiro atoms. The number of thiophene rings is 1. The average molecular weight is 632 g/mol. The second-order valence-electron chi connectivity index (χ2n) is 10.2. The predicted octanol–water partition coefficient (Wildman–Crippen LogP) is 3.25. The van der Waals surface area contributed by atoms with E-state index in [-0.39, 0.29) is 22.9 Å². The van der Waals surface area contributed by atoms with Gasteiger partial charge in [-0.2, -0.15) is 13.2 Å². The maximum absolute atomic E-state index is 13.1. The van der Waals surface area contributed by atoms with Gasteiger partial charge in [0.05, 0.1) is 22.7 Å². The van der Waals surface area contributed by atoms with Crippen LogP contribution in [0.5, 0.6) is 0 Å². The molecule has 1 aromatic carbocycles. The van der Waals surface area contributed by atoms with Gasteiger partial charge in [0.2, 0.25) is 5.91 Å². The van der Waals surface area contributed by atoms with Crippen LogP contribution in [0.1, 0.15) is 53.7 Å². The highest BCUT2D eigenvalue weighted by Gasteiger charge is 2.36. The van der Waals surface area contributed by atoms with Crippen molar-refractivity contribution < 1.29 is 41.1 Å². The molecule has 0 saturated heterocycles. The van der Waals surface area contributed by atoms with Gasteiger partial charge in [-0.25, -0.2) is 9.00 Å². The summed E-state index contributed by atoms with van der Waals surface area (Å²) in [6.07, 6.45) is -3.22. The Bertz CT molecular complexity index is 1320. The number of carbonyl (C=O) groups is 3. The molecule has 2 aromatic rings. The number of aryl methyl sites for hydroxylation is 1. The number of amides is 2. The Labute approximate surface area is 247 Å². The van der Waals surface area contributed by atoms with Crippen molar-refractivity contribution in [1.29, 1.82) is 0 Å². The van der Waals surface area contributed by atoms with Gasteiger partial charge >= 0.3 is 12.1 Å². The lowest BCUT2D eigenvalue weighted by Crippen LogP contribution is -2.51. The molecular formula is C26H32F3N5O6S2. The monoisotopic (exact) mass is 631 g/mol. The first-order valence-electron chi connectivity index (χ1n) is 12.9. The lowest BCUT2D eigenvalue weighted by Gasteiger charge is -2.31. The summed E-state index contributed by atoms with van der Waals surface area (Å²) < 4.78 is 67.5. The maximum Gasteiger partial charge on any atom is 0.416 e. The Morgan fingerprint density at radius 2 is 1.86 bits per heavy atom. The van der Waals surface area contributed by atoms with Gasteiger partial charge in [-0.05, 0) is 70.0 Å². The van der Waals surface area contributed by atoms with Crippen LogP contribution in [-0.4, -0.2) is 63.8 Å². The number of hydrogen-bond acceptors (Lipinski definition) is 8. The number of guanidine groups is 1. The number of esters is 1. The molecular weight excluding hydrogens is 599 g/mol. The first kappa shape index (κ1) is 33.0. The number of alkyl halides is 3. The fourth-order valence-electron chi connectivity index (χ4n) is 3.77. The summed E-state index contributed by atoms with van der Waals surface area (Å²) in [5.41, 5.74) is -2.15. The van der Waals surface area contributed by atoms with Crippen LogP contribution in [0, 0.1) is 0 Å². The topological polar surface area (TPSA) is 149 Å². The Hall–Kier alpha value is -3.50. The van der Waals surface area contributed by atoms with Crippen molar-refractivity contribution in [3.63, 3.8) is 0 Å². The number of anilines is 1. The largest absolute Gasteiger partial charge is 0.458 e. The van der Waals surface area contributed by atoms with Crippen LogP contribution in [0.2, 0.25) is 0 Å². The van der Waals surface area contributed by atoms with Crippen LogP contribution in [0.25, 0.3) is 0 Å². The molecule has 2 atom stereocenters. The third-order valence-corrected chi connectivity index (χ3v) is 7.62. The van der Waals surface area contributed by atoms with E-state index in [2.05, 4.69) is 20.9 Å². The molecule has 230 valence electrons. The van der Waals surface area contributed by atoms with E-state index in [0.717, 1.165) is 41.3 Å². The van der Waals surface area contributed by atoms with Crippen molar-refractivity contribution in [2.75, 3.05) is 23.9 Å². The zero-order valence-corrected chi connectivity index (χ0v) is 24.8. The highest BCUT2D eigenvalue weighted by Crippen LogP contribution is 2.31. The molecule has 1 aliphatic rings. The second kappa shape index (κ2) is 14.1. The Morgan fingerprint density at radius 3 is 2.43 bits per heavy atom. The van der Waals surface area contributed by atoms with E-state index in [1.54, 1.807) is 32.9 Å². The van der Waals surface area contributed by atoms with Crippen molar-refractivity contribution in [3.8, 4) is 0 Å². The van der Waals surface area contributed by atoms with E-state index in [1.807, 2.05) is 0 Å². The number of nitrogens with zero attached hydrogens (tertiary/aromatic N) is 2. The lowest BCUT2D eigenvalue weighted by atomic mass is 10.1. The zero-order valence-electron chi connectivity index (χ0n) is 23.1. The third-order valence-electron chi connectivity index (χ3n) is 5.67. The van der Waals surface area contributed by atoms with Crippen molar-refractivity contribution in [2.45, 2.75) is 57.9 Å². The first-order valence-corrected chi connectivity index (χ1v) is 14.8.